The van der Waals surface area contributed by atoms with Crippen molar-refractivity contribution in [2.24, 2.45) is 5.92 Å². The molecule has 1 saturated heterocycles. The monoisotopic (exact) mass is 382 g/mol. The van der Waals surface area contributed by atoms with E-state index in [0.29, 0.717) is 5.82 Å². The Labute approximate surface area is 162 Å². The minimum absolute atomic E-state index is 0.0429. The highest BCUT2D eigenvalue weighted by Crippen LogP contribution is 2.26. The number of furan rings is 1. The van der Waals surface area contributed by atoms with Crippen molar-refractivity contribution in [1.29, 1.82) is 0 Å². The van der Waals surface area contributed by atoms with Crippen molar-refractivity contribution >= 4 is 23.1 Å². The van der Waals surface area contributed by atoms with Gasteiger partial charge in [0.2, 0.25) is 5.91 Å². The number of hydrogen-bond acceptors (Lipinski definition) is 6. The highest BCUT2D eigenvalue weighted by molar-refractivity contribution is 7.13. The van der Waals surface area contributed by atoms with Crippen molar-refractivity contribution in [2.45, 2.75) is 26.3 Å². The van der Waals surface area contributed by atoms with Crippen LogP contribution in [0, 0.1) is 12.8 Å². The van der Waals surface area contributed by atoms with Gasteiger partial charge in [-0.05, 0) is 50.6 Å². The lowest BCUT2D eigenvalue weighted by molar-refractivity contribution is -0.121. The van der Waals surface area contributed by atoms with Crippen LogP contribution in [-0.4, -0.2) is 33.9 Å². The molecule has 1 fully saturated rings. The predicted octanol–water partition coefficient (Wildman–Crippen LogP) is 3.96. The standard InChI is InChI=1S/C20H22N4O2S/c1-14-2-3-18(21-10-14)23-19(25)15-4-7-24(8-5-15)11-17-13-27-20(22-17)16-6-9-26-12-16/h2-3,6,9-10,12-13,15H,4-5,7-8,11H2,1H3,(H,21,23,25). The summed E-state index contributed by atoms with van der Waals surface area (Å²) in [6.45, 7) is 4.60. The molecule has 0 aliphatic carbocycles. The molecule has 3 aromatic heterocycles. The van der Waals surface area contributed by atoms with Crippen molar-refractivity contribution in [3.8, 4) is 10.6 Å². The number of nitrogens with one attached hydrogen (secondary N) is 1. The second-order valence-electron chi connectivity index (χ2n) is 6.92. The Morgan fingerprint density at radius 1 is 1.33 bits per heavy atom. The highest BCUT2D eigenvalue weighted by Gasteiger charge is 2.25. The van der Waals surface area contributed by atoms with Gasteiger partial charge in [0.1, 0.15) is 17.1 Å². The smallest absolute Gasteiger partial charge is 0.228 e. The van der Waals surface area contributed by atoms with Crippen LogP contribution in [0.2, 0.25) is 0 Å². The van der Waals surface area contributed by atoms with E-state index in [-0.39, 0.29) is 11.8 Å². The molecule has 7 heteroatoms. The summed E-state index contributed by atoms with van der Waals surface area (Å²) in [7, 11) is 0. The Morgan fingerprint density at radius 3 is 2.89 bits per heavy atom. The van der Waals surface area contributed by atoms with Crippen molar-refractivity contribution in [1.82, 2.24) is 14.9 Å². The maximum atomic E-state index is 12.5. The molecule has 6 nitrogen and oxygen atoms in total. The molecule has 0 radical (unpaired) electrons. The SMILES string of the molecule is Cc1ccc(NC(=O)C2CCN(Cc3csc(-c4ccoc4)n3)CC2)nc1. The predicted molar refractivity (Wildman–Crippen MR) is 105 cm³/mol. The van der Waals surface area contributed by atoms with E-state index in [2.05, 4.69) is 20.6 Å². The summed E-state index contributed by atoms with van der Waals surface area (Å²) in [6, 6.07) is 5.73. The molecule has 0 atom stereocenters. The van der Waals surface area contributed by atoms with Gasteiger partial charge in [0.05, 0.1) is 12.0 Å². The molecule has 4 heterocycles. The zero-order valence-electron chi connectivity index (χ0n) is 15.2. The minimum atomic E-state index is 0.0429. The van der Waals surface area contributed by atoms with Gasteiger partial charge in [-0.1, -0.05) is 6.07 Å². The largest absolute Gasteiger partial charge is 0.472 e. The molecule has 0 saturated carbocycles. The number of carbonyl (C=O) groups is 1. The van der Waals surface area contributed by atoms with Crippen LogP contribution in [0.4, 0.5) is 5.82 Å². The number of carbonyl (C=O) groups excluding carboxylic acids is 1. The summed E-state index contributed by atoms with van der Waals surface area (Å²) in [4.78, 5) is 23.8. The van der Waals surface area contributed by atoms with E-state index < -0.39 is 0 Å². The van der Waals surface area contributed by atoms with Crippen LogP contribution in [0.5, 0.6) is 0 Å². The van der Waals surface area contributed by atoms with Crippen molar-refractivity contribution in [3.63, 3.8) is 0 Å². The van der Waals surface area contributed by atoms with Crippen LogP contribution in [0.3, 0.4) is 0 Å². The lowest BCUT2D eigenvalue weighted by Gasteiger charge is -2.30. The fourth-order valence-electron chi connectivity index (χ4n) is 3.25. The van der Waals surface area contributed by atoms with Gasteiger partial charge in [0.15, 0.2) is 0 Å². The zero-order chi connectivity index (χ0) is 18.6. The first-order valence-electron chi connectivity index (χ1n) is 9.10. The number of aromatic nitrogens is 2. The molecular formula is C20H22N4O2S. The number of amides is 1. The van der Waals surface area contributed by atoms with Crippen LogP contribution in [-0.2, 0) is 11.3 Å². The van der Waals surface area contributed by atoms with Crippen molar-refractivity contribution < 1.29 is 9.21 Å². The Bertz CT molecular complexity index is 881. The summed E-state index contributed by atoms with van der Waals surface area (Å²) in [5.74, 6) is 0.741. The molecular weight excluding hydrogens is 360 g/mol. The molecule has 0 unspecified atom stereocenters. The quantitative estimate of drug-likeness (QED) is 0.723. The van der Waals surface area contributed by atoms with Crippen molar-refractivity contribution in [3.05, 3.63) is 53.6 Å². The van der Waals surface area contributed by atoms with E-state index in [1.807, 2.05) is 25.1 Å². The average molecular weight is 382 g/mol. The van der Waals surface area contributed by atoms with E-state index in [4.69, 9.17) is 9.40 Å². The van der Waals surface area contributed by atoms with Gasteiger partial charge in [0.25, 0.3) is 0 Å². The number of likely N-dealkylation sites (tertiary alicyclic amines) is 1. The fourth-order valence-corrected chi connectivity index (χ4v) is 4.05. The first-order chi connectivity index (χ1) is 13.2. The summed E-state index contributed by atoms with van der Waals surface area (Å²) in [5, 5.41) is 6.02. The van der Waals surface area contributed by atoms with Gasteiger partial charge in [-0.2, -0.15) is 0 Å². The maximum absolute atomic E-state index is 12.5. The van der Waals surface area contributed by atoms with Crippen LogP contribution in [0.25, 0.3) is 10.6 Å². The van der Waals surface area contributed by atoms with Gasteiger partial charge >= 0.3 is 0 Å². The van der Waals surface area contributed by atoms with Gasteiger partial charge in [-0.25, -0.2) is 9.97 Å². The van der Waals surface area contributed by atoms with Crippen LogP contribution in [0.15, 0.2) is 46.7 Å². The molecule has 0 bridgehead atoms. The van der Waals surface area contributed by atoms with E-state index >= 15 is 0 Å². The molecule has 1 aliphatic rings. The molecule has 3 aromatic rings. The van der Waals surface area contributed by atoms with Crippen LogP contribution >= 0.6 is 11.3 Å². The van der Waals surface area contributed by atoms with Gasteiger partial charge in [0, 0.05) is 29.6 Å². The van der Waals surface area contributed by atoms with Gasteiger partial charge < -0.3 is 9.73 Å². The molecule has 1 amide bonds. The zero-order valence-corrected chi connectivity index (χ0v) is 16.0. The maximum Gasteiger partial charge on any atom is 0.228 e. The Hall–Kier alpha value is -2.51. The number of piperidine rings is 1. The number of aryl methyl sites for hydroxylation is 1. The summed E-state index contributed by atoms with van der Waals surface area (Å²) in [6.07, 6.45) is 6.87. The molecule has 4 rings (SSSR count). The second-order valence-corrected chi connectivity index (χ2v) is 7.77. The van der Waals surface area contributed by atoms with Gasteiger partial charge in [-0.15, -0.1) is 11.3 Å². The van der Waals surface area contributed by atoms with Crippen LogP contribution in [0.1, 0.15) is 24.1 Å². The lowest BCUT2D eigenvalue weighted by atomic mass is 9.96. The third-order valence-electron chi connectivity index (χ3n) is 4.83. The third kappa shape index (κ3) is 4.43. The number of hydrogen-bond donors (Lipinski definition) is 1. The second kappa shape index (κ2) is 8.02. The summed E-state index contributed by atoms with van der Waals surface area (Å²) < 4.78 is 5.12. The minimum Gasteiger partial charge on any atom is -0.472 e. The summed E-state index contributed by atoms with van der Waals surface area (Å²) in [5.41, 5.74) is 3.17. The first kappa shape index (κ1) is 17.9. The summed E-state index contributed by atoms with van der Waals surface area (Å²) >= 11 is 1.63. The molecule has 1 aliphatic heterocycles. The number of rotatable bonds is 5. The number of pyridine rings is 1. The third-order valence-corrected chi connectivity index (χ3v) is 5.77. The molecule has 0 spiro atoms. The topological polar surface area (TPSA) is 71.3 Å². The Morgan fingerprint density at radius 2 is 2.19 bits per heavy atom. The van der Waals surface area contributed by atoms with E-state index in [1.165, 1.54) is 0 Å². The van der Waals surface area contributed by atoms with E-state index in [1.54, 1.807) is 30.1 Å². The number of anilines is 1. The van der Waals surface area contributed by atoms with Gasteiger partial charge in [-0.3, -0.25) is 9.69 Å². The molecule has 1 N–H and O–H groups in total. The molecule has 0 aromatic carbocycles. The van der Waals surface area contributed by atoms with Crippen LogP contribution < -0.4 is 5.32 Å². The highest BCUT2D eigenvalue weighted by atomic mass is 32.1. The normalized spacial score (nSPS) is 15.7. The van der Waals surface area contributed by atoms with Crippen molar-refractivity contribution in [2.75, 3.05) is 18.4 Å². The lowest BCUT2D eigenvalue weighted by Crippen LogP contribution is -2.37. The average Bonchev–Trinajstić information content (AvgIpc) is 3.36. The Kier molecular flexibility index (Phi) is 5.31. The van der Waals surface area contributed by atoms with E-state index in [0.717, 1.165) is 54.3 Å². The number of nitrogens with zero attached hydrogens (tertiary/aromatic N) is 3. The number of thiazole rings is 1. The molecule has 140 valence electrons. The molecule has 27 heavy (non-hydrogen) atoms. The van der Waals surface area contributed by atoms with E-state index in [9.17, 15) is 4.79 Å². The fraction of sp³-hybridized carbons (Fsp3) is 0.350. The first-order valence-corrected chi connectivity index (χ1v) is 9.98. The Balaban J connectivity index is 1.27.